The summed E-state index contributed by atoms with van der Waals surface area (Å²) in [6.07, 6.45) is 1.46. The molecule has 4 nitrogen and oxygen atoms in total. The zero-order valence-electron chi connectivity index (χ0n) is 11.2. The SMILES string of the molecule is CC1CCN(C(=O)c2ccc3c(c2)CCN3)CC1O. The van der Waals surface area contributed by atoms with Crippen LogP contribution < -0.4 is 5.32 Å². The molecule has 1 fully saturated rings. The van der Waals surface area contributed by atoms with Crippen molar-refractivity contribution >= 4 is 11.6 Å². The number of hydrogen-bond donors (Lipinski definition) is 2. The number of anilines is 1. The van der Waals surface area contributed by atoms with E-state index >= 15 is 0 Å². The highest BCUT2D eigenvalue weighted by molar-refractivity contribution is 5.95. The average molecular weight is 260 g/mol. The van der Waals surface area contributed by atoms with Crippen molar-refractivity contribution in [3.05, 3.63) is 29.3 Å². The monoisotopic (exact) mass is 260 g/mol. The summed E-state index contributed by atoms with van der Waals surface area (Å²) in [6, 6.07) is 5.85. The second kappa shape index (κ2) is 4.85. The largest absolute Gasteiger partial charge is 0.391 e. The van der Waals surface area contributed by atoms with E-state index in [1.165, 1.54) is 5.56 Å². The van der Waals surface area contributed by atoms with Gasteiger partial charge in [0.1, 0.15) is 0 Å². The summed E-state index contributed by atoms with van der Waals surface area (Å²) in [6.45, 7) is 4.18. The second-order valence-corrected chi connectivity index (χ2v) is 5.63. The number of β-amino-alcohol motifs (C(OH)–C–C–N with tert-alkyl or cyclic N) is 1. The molecule has 1 aromatic rings. The zero-order chi connectivity index (χ0) is 13.4. The highest BCUT2D eigenvalue weighted by Crippen LogP contribution is 2.25. The van der Waals surface area contributed by atoms with E-state index in [-0.39, 0.29) is 11.8 Å². The van der Waals surface area contributed by atoms with Gasteiger partial charge in [-0.25, -0.2) is 0 Å². The van der Waals surface area contributed by atoms with Gasteiger partial charge in [-0.15, -0.1) is 0 Å². The maximum absolute atomic E-state index is 12.4. The van der Waals surface area contributed by atoms with Crippen LogP contribution in [0.5, 0.6) is 0 Å². The minimum absolute atomic E-state index is 0.0423. The van der Waals surface area contributed by atoms with Gasteiger partial charge in [-0.1, -0.05) is 6.92 Å². The number of aliphatic hydroxyl groups is 1. The molecule has 102 valence electrons. The van der Waals surface area contributed by atoms with Gasteiger partial charge in [0.05, 0.1) is 6.10 Å². The van der Waals surface area contributed by atoms with Gasteiger partial charge in [0, 0.05) is 30.9 Å². The number of nitrogens with zero attached hydrogens (tertiary/aromatic N) is 1. The Balaban J connectivity index is 1.77. The molecule has 0 aromatic heterocycles. The molecule has 2 atom stereocenters. The van der Waals surface area contributed by atoms with Gasteiger partial charge in [-0.05, 0) is 42.5 Å². The van der Waals surface area contributed by atoms with Gasteiger partial charge in [0.15, 0.2) is 0 Å². The minimum Gasteiger partial charge on any atom is -0.391 e. The molecule has 2 N–H and O–H groups in total. The first-order chi connectivity index (χ1) is 9.15. The van der Waals surface area contributed by atoms with Crippen molar-refractivity contribution in [1.29, 1.82) is 0 Å². The fraction of sp³-hybridized carbons (Fsp3) is 0.533. The first-order valence-corrected chi connectivity index (χ1v) is 6.99. The molecular formula is C15H20N2O2. The summed E-state index contributed by atoms with van der Waals surface area (Å²) in [5.41, 5.74) is 3.10. The average Bonchev–Trinajstić information content (AvgIpc) is 2.88. The maximum atomic E-state index is 12.4. The third kappa shape index (κ3) is 2.32. The Labute approximate surface area is 113 Å². The van der Waals surface area contributed by atoms with Crippen LogP contribution in [0.2, 0.25) is 0 Å². The third-order valence-electron chi connectivity index (χ3n) is 4.27. The molecule has 2 aliphatic rings. The number of carbonyl (C=O) groups excluding carboxylic acids is 1. The lowest BCUT2D eigenvalue weighted by Gasteiger charge is -2.34. The number of likely N-dealkylation sites (tertiary alicyclic amines) is 1. The Bertz CT molecular complexity index is 501. The Morgan fingerprint density at radius 1 is 1.47 bits per heavy atom. The van der Waals surface area contributed by atoms with E-state index in [1.54, 1.807) is 4.90 Å². The van der Waals surface area contributed by atoms with Crippen LogP contribution in [0.25, 0.3) is 0 Å². The van der Waals surface area contributed by atoms with Crippen LogP contribution in [0, 0.1) is 5.92 Å². The van der Waals surface area contributed by atoms with Crippen LogP contribution in [0.15, 0.2) is 18.2 Å². The predicted molar refractivity (Wildman–Crippen MR) is 74.3 cm³/mol. The molecule has 2 unspecified atom stereocenters. The lowest BCUT2D eigenvalue weighted by Crippen LogP contribution is -2.45. The van der Waals surface area contributed by atoms with E-state index in [0.717, 1.165) is 37.2 Å². The van der Waals surface area contributed by atoms with E-state index in [9.17, 15) is 9.90 Å². The smallest absolute Gasteiger partial charge is 0.253 e. The van der Waals surface area contributed by atoms with Crippen LogP contribution >= 0.6 is 0 Å². The molecule has 4 heteroatoms. The molecule has 3 rings (SSSR count). The highest BCUT2D eigenvalue weighted by atomic mass is 16.3. The van der Waals surface area contributed by atoms with Crippen molar-refractivity contribution in [1.82, 2.24) is 4.90 Å². The minimum atomic E-state index is -0.395. The van der Waals surface area contributed by atoms with Gasteiger partial charge in [0.2, 0.25) is 0 Å². The number of fused-ring (bicyclic) bond motifs is 1. The Kier molecular flexibility index (Phi) is 3.19. The van der Waals surface area contributed by atoms with Gasteiger partial charge >= 0.3 is 0 Å². The molecule has 0 saturated carbocycles. The summed E-state index contributed by atoms with van der Waals surface area (Å²) in [5, 5.41) is 13.2. The van der Waals surface area contributed by atoms with Crippen molar-refractivity contribution in [2.75, 3.05) is 25.0 Å². The molecule has 1 amide bonds. The van der Waals surface area contributed by atoms with Crippen LogP contribution in [-0.2, 0) is 6.42 Å². The Morgan fingerprint density at radius 3 is 3.11 bits per heavy atom. The first kappa shape index (κ1) is 12.5. The van der Waals surface area contributed by atoms with E-state index in [4.69, 9.17) is 0 Å². The van der Waals surface area contributed by atoms with Crippen LogP contribution in [0.3, 0.4) is 0 Å². The number of benzene rings is 1. The molecule has 2 aliphatic heterocycles. The van der Waals surface area contributed by atoms with Gasteiger partial charge < -0.3 is 15.3 Å². The molecule has 0 radical (unpaired) electrons. The molecule has 2 heterocycles. The zero-order valence-corrected chi connectivity index (χ0v) is 11.2. The van der Waals surface area contributed by atoms with Crippen LogP contribution in [-0.4, -0.2) is 41.7 Å². The number of aliphatic hydroxyl groups excluding tert-OH is 1. The van der Waals surface area contributed by atoms with E-state index < -0.39 is 6.10 Å². The normalized spacial score (nSPS) is 25.9. The van der Waals surface area contributed by atoms with E-state index in [0.29, 0.717) is 6.54 Å². The van der Waals surface area contributed by atoms with Crippen molar-refractivity contribution < 1.29 is 9.90 Å². The van der Waals surface area contributed by atoms with Gasteiger partial charge in [-0.2, -0.15) is 0 Å². The van der Waals surface area contributed by atoms with Crippen molar-refractivity contribution in [2.45, 2.75) is 25.9 Å². The van der Waals surface area contributed by atoms with Gasteiger partial charge in [-0.3, -0.25) is 4.79 Å². The molecular weight excluding hydrogens is 240 g/mol. The molecule has 1 saturated heterocycles. The number of piperidine rings is 1. The number of carbonyl (C=O) groups is 1. The number of hydrogen-bond acceptors (Lipinski definition) is 3. The number of rotatable bonds is 1. The summed E-state index contributed by atoms with van der Waals surface area (Å²) >= 11 is 0. The first-order valence-electron chi connectivity index (χ1n) is 6.99. The lowest BCUT2D eigenvalue weighted by atomic mass is 9.95. The van der Waals surface area contributed by atoms with Crippen LogP contribution in [0.1, 0.15) is 29.3 Å². The lowest BCUT2D eigenvalue weighted by molar-refractivity contribution is 0.0248. The van der Waals surface area contributed by atoms with Crippen LogP contribution in [0.4, 0.5) is 5.69 Å². The molecule has 0 bridgehead atoms. The van der Waals surface area contributed by atoms with Crippen molar-refractivity contribution in [3.8, 4) is 0 Å². The van der Waals surface area contributed by atoms with Crippen molar-refractivity contribution in [2.24, 2.45) is 5.92 Å². The molecule has 19 heavy (non-hydrogen) atoms. The van der Waals surface area contributed by atoms with Crippen molar-refractivity contribution in [3.63, 3.8) is 0 Å². The highest BCUT2D eigenvalue weighted by Gasteiger charge is 2.28. The maximum Gasteiger partial charge on any atom is 0.253 e. The van der Waals surface area contributed by atoms with Gasteiger partial charge in [0.25, 0.3) is 5.91 Å². The topological polar surface area (TPSA) is 52.6 Å². The van der Waals surface area contributed by atoms with E-state index in [1.807, 2.05) is 25.1 Å². The molecule has 1 aromatic carbocycles. The fourth-order valence-corrected chi connectivity index (χ4v) is 2.85. The summed E-state index contributed by atoms with van der Waals surface area (Å²) in [7, 11) is 0. The summed E-state index contributed by atoms with van der Waals surface area (Å²) in [5.74, 6) is 0.328. The summed E-state index contributed by atoms with van der Waals surface area (Å²) < 4.78 is 0. The molecule has 0 spiro atoms. The second-order valence-electron chi connectivity index (χ2n) is 5.63. The predicted octanol–water partition coefficient (Wildman–Crippen LogP) is 1.50. The fourth-order valence-electron chi connectivity index (χ4n) is 2.85. The Hall–Kier alpha value is -1.55. The quantitative estimate of drug-likeness (QED) is 0.804. The Morgan fingerprint density at radius 2 is 2.32 bits per heavy atom. The molecule has 0 aliphatic carbocycles. The standard InChI is InChI=1S/C15H20N2O2/c1-10-5-7-17(9-14(10)18)15(19)12-2-3-13-11(8-12)4-6-16-13/h2-3,8,10,14,16,18H,4-7,9H2,1H3. The van der Waals surface area contributed by atoms with E-state index in [2.05, 4.69) is 5.32 Å². The number of nitrogens with one attached hydrogen (secondary N) is 1. The summed E-state index contributed by atoms with van der Waals surface area (Å²) in [4.78, 5) is 14.2. The third-order valence-corrected chi connectivity index (χ3v) is 4.27. The number of amides is 1.